The third kappa shape index (κ3) is 5.08. The summed E-state index contributed by atoms with van der Waals surface area (Å²) in [7, 11) is 0. The van der Waals surface area contributed by atoms with Crippen LogP contribution >= 0.6 is 0 Å². The fraction of sp³-hybridized carbons (Fsp3) is 0.619. The van der Waals surface area contributed by atoms with Crippen LogP contribution in [0.1, 0.15) is 62.5 Å². The van der Waals surface area contributed by atoms with E-state index in [9.17, 15) is 14.4 Å². The normalized spacial score (nSPS) is 18.3. The second kappa shape index (κ2) is 9.88. The molecule has 30 heavy (non-hydrogen) atoms. The number of likely N-dealkylation sites (tertiary alicyclic amines) is 1. The Balaban J connectivity index is 1.72. The van der Waals surface area contributed by atoms with E-state index in [1.165, 1.54) is 16.8 Å². The lowest BCUT2D eigenvalue weighted by atomic mass is 9.96. The summed E-state index contributed by atoms with van der Waals surface area (Å²) in [6.45, 7) is 8.03. The number of amides is 1. The smallest absolute Gasteiger partial charge is 0.343 e. The molecule has 0 bridgehead atoms. The second-order valence-corrected chi connectivity index (χ2v) is 7.92. The largest absolute Gasteiger partial charge is 0.462 e. The highest BCUT2D eigenvalue weighted by Crippen LogP contribution is 2.19. The van der Waals surface area contributed by atoms with Crippen LogP contribution in [0.4, 0.5) is 0 Å². The number of hydrogen-bond acceptors (Lipinski definition) is 6. The predicted octanol–water partition coefficient (Wildman–Crippen LogP) is 1.72. The van der Waals surface area contributed by atoms with Crippen molar-refractivity contribution in [1.82, 2.24) is 24.8 Å². The highest BCUT2D eigenvalue weighted by molar-refractivity contribution is 5.95. The molecule has 0 spiro atoms. The molecule has 0 unspecified atom stereocenters. The summed E-state index contributed by atoms with van der Waals surface area (Å²) in [5.74, 6) is -0.485. The fourth-order valence-corrected chi connectivity index (χ4v) is 3.98. The van der Waals surface area contributed by atoms with Crippen molar-refractivity contribution in [1.29, 1.82) is 0 Å². The first-order valence-electron chi connectivity index (χ1n) is 10.7. The molecule has 2 aromatic heterocycles. The van der Waals surface area contributed by atoms with Gasteiger partial charge in [-0.3, -0.25) is 19.6 Å². The zero-order valence-electron chi connectivity index (χ0n) is 17.9. The molecule has 2 aromatic rings. The molecule has 3 heterocycles. The van der Waals surface area contributed by atoms with Crippen LogP contribution in [0.5, 0.6) is 0 Å². The molecule has 1 aliphatic rings. The van der Waals surface area contributed by atoms with E-state index >= 15 is 0 Å². The number of carbonyl (C=O) groups excluding carboxylic acids is 2. The van der Waals surface area contributed by atoms with Crippen LogP contribution in [-0.2, 0) is 16.1 Å². The van der Waals surface area contributed by atoms with Gasteiger partial charge in [0, 0.05) is 31.4 Å². The van der Waals surface area contributed by atoms with Crippen molar-refractivity contribution in [3.63, 3.8) is 0 Å². The minimum Gasteiger partial charge on any atom is -0.462 e. The number of rotatable bonds is 8. The number of esters is 1. The van der Waals surface area contributed by atoms with Crippen LogP contribution in [0, 0.1) is 5.92 Å². The van der Waals surface area contributed by atoms with Gasteiger partial charge in [-0.15, -0.1) is 0 Å². The van der Waals surface area contributed by atoms with Crippen molar-refractivity contribution in [3.8, 4) is 0 Å². The molecule has 1 fully saturated rings. The number of ether oxygens (including phenoxy) is 1. The van der Waals surface area contributed by atoms with Gasteiger partial charge in [0.25, 0.3) is 5.56 Å². The number of aromatic nitrogens is 3. The Hall–Kier alpha value is -2.68. The molecule has 9 nitrogen and oxygen atoms in total. The molecule has 9 heteroatoms. The van der Waals surface area contributed by atoms with Gasteiger partial charge in [0.1, 0.15) is 5.56 Å². The van der Waals surface area contributed by atoms with Gasteiger partial charge in [0.15, 0.2) is 5.65 Å². The van der Waals surface area contributed by atoms with E-state index in [0.29, 0.717) is 18.8 Å². The van der Waals surface area contributed by atoms with E-state index in [-0.39, 0.29) is 41.2 Å². The van der Waals surface area contributed by atoms with E-state index in [0.717, 1.165) is 32.2 Å². The van der Waals surface area contributed by atoms with E-state index in [2.05, 4.69) is 27.2 Å². The number of hydrogen-bond donors (Lipinski definition) is 2. The van der Waals surface area contributed by atoms with Gasteiger partial charge in [-0.1, -0.05) is 13.3 Å². The summed E-state index contributed by atoms with van der Waals surface area (Å²) in [4.78, 5) is 43.8. The van der Waals surface area contributed by atoms with Crippen molar-refractivity contribution >= 4 is 17.5 Å². The zero-order valence-corrected chi connectivity index (χ0v) is 17.9. The summed E-state index contributed by atoms with van der Waals surface area (Å²) in [6.07, 6.45) is 5.22. The standard InChI is InChI=1S/C21H31N5O4/c1-4-7-14(3)23-20(28)15-8-6-9-25(12-15)13-16-10-18(27)26-19(24-16)17(11-22-26)21(29)30-5-2/h10-11,14-15,22H,4-9,12-13H2,1-3H3,(H,23,28)/t14-,15-/m0/s1. The Morgan fingerprint density at radius 1 is 1.40 bits per heavy atom. The number of aromatic amines is 1. The first-order chi connectivity index (χ1) is 14.4. The van der Waals surface area contributed by atoms with Crippen LogP contribution in [0.3, 0.4) is 0 Å². The van der Waals surface area contributed by atoms with Gasteiger partial charge < -0.3 is 10.1 Å². The monoisotopic (exact) mass is 417 g/mol. The van der Waals surface area contributed by atoms with E-state index in [1.807, 2.05) is 6.92 Å². The molecule has 0 radical (unpaired) electrons. The third-order valence-corrected chi connectivity index (χ3v) is 5.42. The predicted molar refractivity (Wildman–Crippen MR) is 112 cm³/mol. The molecule has 3 rings (SSSR count). The number of H-pyrrole nitrogens is 1. The molecule has 164 valence electrons. The summed E-state index contributed by atoms with van der Waals surface area (Å²) in [6, 6.07) is 1.64. The van der Waals surface area contributed by atoms with E-state index in [4.69, 9.17) is 4.74 Å². The first-order valence-corrected chi connectivity index (χ1v) is 10.7. The number of fused-ring (bicyclic) bond motifs is 1. The molecular weight excluding hydrogens is 386 g/mol. The van der Waals surface area contributed by atoms with Gasteiger partial charge in [0.05, 0.1) is 18.2 Å². The van der Waals surface area contributed by atoms with Crippen LogP contribution in [0.15, 0.2) is 17.1 Å². The Morgan fingerprint density at radius 2 is 2.20 bits per heavy atom. The van der Waals surface area contributed by atoms with Gasteiger partial charge in [0.2, 0.25) is 5.91 Å². The summed E-state index contributed by atoms with van der Waals surface area (Å²) < 4.78 is 6.28. The van der Waals surface area contributed by atoms with Crippen LogP contribution < -0.4 is 10.9 Å². The summed E-state index contributed by atoms with van der Waals surface area (Å²) in [5, 5.41) is 5.86. The number of nitrogens with one attached hydrogen (secondary N) is 2. The first kappa shape index (κ1) is 22.0. The van der Waals surface area contributed by atoms with Crippen molar-refractivity contribution in [3.05, 3.63) is 33.9 Å². The molecule has 1 amide bonds. The molecule has 2 N–H and O–H groups in total. The fourth-order valence-electron chi connectivity index (χ4n) is 3.98. The van der Waals surface area contributed by atoms with Gasteiger partial charge in [-0.25, -0.2) is 14.3 Å². The lowest BCUT2D eigenvalue weighted by Crippen LogP contribution is -2.45. The molecular formula is C21H31N5O4. The maximum Gasteiger partial charge on any atom is 0.343 e. The highest BCUT2D eigenvalue weighted by Gasteiger charge is 2.27. The average Bonchev–Trinajstić information content (AvgIpc) is 3.13. The Bertz CT molecular complexity index is 951. The molecule has 0 aliphatic carbocycles. The lowest BCUT2D eigenvalue weighted by molar-refractivity contribution is -0.127. The number of carbonyl (C=O) groups is 2. The molecule has 1 saturated heterocycles. The zero-order chi connectivity index (χ0) is 21.7. The Kier molecular flexibility index (Phi) is 7.25. The van der Waals surface area contributed by atoms with Crippen molar-refractivity contribution in [2.24, 2.45) is 5.92 Å². The maximum atomic E-state index is 12.6. The van der Waals surface area contributed by atoms with Crippen LogP contribution in [-0.4, -0.2) is 57.1 Å². The lowest BCUT2D eigenvalue weighted by Gasteiger charge is -2.32. The molecule has 1 aliphatic heterocycles. The van der Waals surface area contributed by atoms with Crippen LogP contribution in [0.25, 0.3) is 5.65 Å². The quantitative estimate of drug-likeness (QED) is 0.633. The summed E-state index contributed by atoms with van der Waals surface area (Å²) >= 11 is 0. The third-order valence-electron chi connectivity index (χ3n) is 5.42. The van der Waals surface area contributed by atoms with E-state index in [1.54, 1.807) is 6.92 Å². The minimum atomic E-state index is -0.517. The maximum absolute atomic E-state index is 12.6. The topological polar surface area (TPSA) is 109 Å². The Morgan fingerprint density at radius 3 is 2.93 bits per heavy atom. The van der Waals surface area contributed by atoms with Crippen molar-refractivity contribution in [2.75, 3.05) is 19.7 Å². The van der Waals surface area contributed by atoms with Gasteiger partial charge in [-0.2, -0.15) is 0 Å². The van der Waals surface area contributed by atoms with Crippen LogP contribution in [0.2, 0.25) is 0 Å². The Labute approximate surface area is 175 Å². The molecule has 2 atom stereocenters. The second-order valence-electron chi connectivity index (χ2n) is 7.92. The molecule has 0 saturated carbocycles. The summed E-state index contributed by atoms with van der Waals surface area (Å²) in [5.41, 5.74) is 0.781. The van der Waals surface area contributed by atoms with Gasteiger partial charge >= 0.3 is 5.97 Å². The van der Waals surface area contributed by atoms with E-state index < -0.39 is 5.97 Å². The average molecular weight is 418 g/mol. The van der Waals surface area contributed by atoms with Gasteiger partial charge in [-0.05, 0) is 39.7 Å². The van der Waals surface area contributed by atoms with Crippen molar-refractivity contribution < 1.29 is 14.3 Å². The number of piperidine rings is 1. The minimum absolute atomic E-state index is 0.0646. The SMILES string of the molecule is CCC[C@H](C)NC(=O)[C@H]1CCCN(Cc2cc(=O)n3[nH]cc(C(=O)OCC)c3n2)C1. The molecule has 0 aromatic carbocycles. The number of nitrogens with zero attached hydrogens (tertiary/aromatic N) is 3. The highest BCUT2D eigenvalue weighted by atomic mass is 16.5. The van der Waals surface area contributed by atoms with Crippen molar-refractivity contribution in [2.45, 2.75) is 59.0 Å².